The molecular weight excluding hydrogens is 323 g/mol. The van der Waals surface area contributed by atoms with E-state index < -0.39 is 10.1 Å². The Morgan fingerprint density at radius 1 is 0.955 bits per heavy atom. The first-order valence-corrected chi connectivity index (χ1v) is 7.86. The minimum atomic E-state index is -4.58. The number of benzene rings is 3. The molecule has 0 saturated heterocycles. The van der Waals surface area contributed by atoms with E-state index in [1.807, 2.05) is 36.4 Å². The second-order valence-corrected chi connectivity index (χ2v) is 6.38. The van der Waals surface area contributed by atoms with E-state index in [0.717, 1.165) is 16.2 Å². The van der Waals surface area contributed by atoms with Gasteiger partial charge in [-0.25, -0.2) is 8.42 Å². The van der Waals surface area contributed by atoms with Crippen LogP contribution in [0.3, 0.4) is 0 Å². The zero-order valence-electron chi connectivity index (χ0n) is 12.5. The van der Waals surface area contributed by atoms with Crippen LogP contribution in [0.15, 0.2) is 60.0 Å². The molecule has 3 aromatic carbocycles. The summed E-state index contributed by atoms with van der Waals surface area (Å²) in [4.78, 5) is -0.182. The topological polar surface area (TPSA) is 57.2 Å². The zero-order chi connectivity index (χ0) is 15.2. The van der Waals surface area contributed by atoms with Crippen molar-refractivity contribution in [2.24, 2.45) is 0 Å². The normalized spacial score (nSPS) is 11.4. The first-order valence-electron chi connectivity index (χ1n) is 6.46. The number of hydrogen-bond donors (Lipinski definition) is 0. The monoisotopic (exact) mass is 336 g/mol. The maximum absolute atomic E-state index is 11.7. The van der Waals surface area contributed by atoms with E-state index in [4.69, 9.17) is 0 Å². The van der Waals surface area contributed by atoms with E-state index in [-0.39, 0.29) is 56.3 Å². The standard InChI is InChI=1S/C17H14O3S.K/c1-11(2)13-9-10-15-14-6-4-3-5-12(14)7-8-16(15)17(13)21(18,19)20;/h3-10H,1H2,2H3,(H,18,19,20);/q;+1/p-1. The zero-order valence-corrected chi connectivity index (χ0v) is 16.4. The molecular formula is C17H13KO3S. The summed E-state index contributed by atoms with van der Waals surface area (Å²) >= 11 is 0. The fourth-order valence-corrected chi connectivity index (χ4v) is 3.62. The van der Waals surface area contributed by atoms with Gasteiger partial charge < -0.3 is 4.55 Å². The molecule has 0 unspecified atom stereocenters. The predicted molar refractivity (Wildman–Crippen MR) is 84.1 cm³/mol. The van der Waals surface area contributed by atoms with Crippen molar-refractivity contribution in [3.8, 4) is 0 Å². The van der Waals surface area contributed by atoms with Gasteiger partial charge in [0.2, 0.25) is 0 Å². The molecule has 0 atom stereocenters. The van der Waals surface area contributed by atoms with Gasteiger partial charge in [0.25, 0.3) is 0 Å². The molecule has 0 amide bonds. The SMILES string of the molecule is C=C(C)c1ccc2c(ccc3ccccc32)c1S(=O)(=O)[O-].[K+]. The molecule has 0 fully saturated rings. The average Bonchev–Trinajstić information content (AvgIpc) is 2.44. The van der Waals surface area contributed by atoms with Gasteiger partial charge in [-0.1, -0.05) is 55.1 Å². The van der Waals surface area contributed by atoms with Crippen LogP contribution < -0.4 is 51.4 Å². The quantitative estimate of drug-likeness (QED) is 0.397. The molecule has 0 saturated carbocycles. The van der Waals surface area contributed by atoms with Crippen LogP contribution in [0.2, 0.25) is 0 Å². The summed E-state index contributed by atoms with van der Waals surface area (Å²) in [6.07, 6.45) is 0. The van der Waals surface area contributed by atoms with Crippen LogP contribution in [0.4, 0.5) is 0 Å². The molecule has 106 valence electrons. The van der Waals surface area contributed by atoms with Gasteiger partial charge in [-0.3, -0.25) is 0 Å². The Kier molecular flexibility index (Phi) is 5.29. The molecule has 0 aliphatic rings. The van der Waals surface area contributed by atoms with Crippen molar-refractivity contribution in [1.82, 2.24) is 0 Å². The van der Waals surface area contributed by atoms with Crippen molar-refractivity contribution in [2.75, 3.05) is 0 Å². The van der Waals surface area contributed by atoms with Crippen molar-refractivity contribution in [3.05, 3.63) is 60.7 Å². The van der Waals surface area contributed by atoms with E-state index in [2.05, 4.69) is 6.58 Å². The summed E-state index contributed by atoms with van der Waals surface area (Å²) in [5.41, 5.74) is 0.937. The Hall–Kier alpha value is -0.534. The maximum atomic E-state index is 11.7. The molecule has 0 aromatic heterocycles. The Labute approximate surface area is 172 Å². The van der Waals surface area contributed by atoms with E-state index in [1.165, 1.54) is 0 Å². The molecule has 0 heterocycles. The maximum Gasteiger partial charge on any atom is 1.00 e. The summed E-state index contributed by atoms with van der Waals surface area (Å²) in [7, 11) is -4.58. The van der Waals surface area contributed by atoms with Gasteiger partial charge in [-0.2, -0.15) is 0 Å². The third kappa shape index (κ3) is 3.07. The minimum Gasteiger partial charge on any atom is -0.744 e. The third-order valence-electron chi connectivity index (χ3n) is 3.59. The van der Waals surface area contributed by atoms with Gasteiger partial charge in [0.05, 0.1) is 4.90 Å². The molecule has 0 spiro atoms. The molecule has 3 aromatic rings. The van der Waals surface area contributed by atoms with Crippen LogP contribution in [-0.4, -0.2) is 13.0 Å². The molecule has 0 N–H and O–H groups in total. The van der Waals surface area contributed by atoms with Crippen LogP contribution in [-0.2, 0) is 10.1 Å². The molecule has 3 rings (SSSR count). The number of allylic oxidation sites excluding steroid dienone is 1. The van der Waals surface area contributed by atoms with Crippen LogP contribution in [0, 0.1) is 0 Å². The van der Waals surface area contributed by atoms with E-state index in [0.29, 0.717) is 16.5 Å². The van der Waals surface area contributed by atoms with E-state index in [1.54, 1.807) is 19.1 Å². The average molecular weight is 336 g/mol. The first kappa shape index (κ1) is 17.8. The summed E-state index contributed by atoms with van der Waals surface area (Å²) in [5, 5.41) is 3.13. The summed E-state index contributed by atoms with van der Waals surface area (Å²) < 4.78 is 35.1. The summed E-state index contributed by atoms with van der Waals surface area (Å²) in [5.74, 6) is 0. The van der Waals surface area contributed by atoms with Gasteiger partial charge in [0, 0.05) is 5.39 Å². The number of hydrogen-bond acceptors (Lipinski definition) is 3. The van der Waals surface area contributed by atoms with Gasteiger partial charge >= 0.3 is 51.4 Å². The molecule has 22 heavy (non-hydrogen) atoms. The molecule has 3 nitrogen and oxygen atoms in total. The van der Waals surface area contributed by atoms with Crippen molar-refractivity contribution < 1.29 is 64.4 Å². The van der Waals surface area contributed by atoms with Gasteiger partial charge in [-0.15, -0.1) is 0 Å². The van der Waals surface area contributed by atoms with E-state index in [9.17, 15) is 13.0 Å². The largest absolute Gasteiger partial charge is 1.00 e. The van der Waals surface area contributed by atoms with Crippen LogP contribution in [0.5, 0.6) is 0 Å². The van der Waals surface area contributed by atoms with Crippen molar-refractivity contribution in [3.63, 3.8) is 0 Å². The van der Waals surface area contributed by atoms with E-state index >= 15 is 0 Å². The molecule has 0 bridgehead atoms. The second kappa shape index (κ2) is 6.53. The van der Waals surface area contributed by atoms with Gasteiger partial charge in [0.1, 0.15) is 10.1 Å². The van der Waals surface area contributed by atoms with Crippen molar-refractivity contribution >= 4 is 37.2 Å². The predicted octanol–water partition coefficient (Wildman–Crippen LogP) is 0.934. The van der Waals surface area contributed by atoms with Gasteiger partial charge in [0.15, 0.2) is 0 Å². The van der Waals surface area contributed by atoms with Crippen LogP contribution >= 0.6 is 0 Å². The Bertz CT molecular complexity index is 991. The van der Waals surface area contributed by atoms with Crippen LogP contribution in [0.25, 0.3) is 27.1 Å². The smallest absolute Gasteiger partial charge is 0.744 e. The second-order valence-electron chi connectivity index (χ2n) is 5.06. The molecule has 5 heteroatoms. The van der Waals surface area contributed by atoms with Crippen molar-refractivity contribution in [1.29, 1.82) is 0 Å². The fourth-order valence-electron chi connectivity index (χ4n) is 2.67. The molecule has 0 radical (unpaired) electrons. The van der Waals surface area contributed by atoms with Crippen LogP contribution in [0.1, 0.15) is 12.5 Å². The number of rotatable bonds is 2. The fraction of sp³-hybridized carbons (Fsp3) is 0.0588. The first-order chi connectivity index (χ1) is 9.89. The Morgan fingerprint density at radius 2 is 1.59 bits per heavy atom. The third-order valence-corrected chi connectivity index (χ3v) is 4.53. The Balaban J connectivity index is 0.00000176. The Morgan fingerprint density at radius 3 is 2.23 bits per heavy atom. The molecule has 0 aliphatic carbocycles. The summed E-state index contributed by atoms with van der Waals surface area (Å²) in [6.45, 7) is 5.46. The molecule has 0 aliphatic heterocycles. The number of fused-ring (bicyclic) bond motifs is 3. The van der Waals surface area contributed by atoms with Crippen molar-refractivity contribution in [2.45, 2.75) is 11.8 Å². The summed E-state index contributed by atoms with van der Waals surface area (Å²) in [6, 6.07) is 14.7. The minimum absolute atomic E-state index is 0. The van der Waals surface area contributed by atoms with Gasteiger partial charge in [-0.05, 0) is 34.2 Å².